The van der Waals surface area contributed by atoms with Crippen LogP contribution >= 0.6 is 11.6 Å². The van der Waals surface area contributed by atoms with Gasteiger partial charge in [-0.05, 0) is 17.7 Å². The Kier molecular flexibility index (Phi) is 3.97. The van der Waals surface area contributed by atoms with E-state index in [-0.39, 0.29) is 22.5 Å². The maximum atomic E-state index is 12.1. The average Bonchev–Trinajstić information content (AvgIpc) is 2.38. The largest absolute Gasteiger partial charge is 0.508 e. The number of halogens is 1. The molecule has 1 amide bonds. The van der Waals surface area contributed by atoms with Crippen molar-refractivity contribution in [3.63, 3.8) is 0 Å². The Morgan fingerprint density at radius 1 is 1.42 bits per heavy atom. The highest BCUT2D eigenvalue weighted by Gasteiger charge is 2.14. The lowest BCUT2D eigenvalue weighted by molar-refractivity contribution is 0.0778. The van der Waals surface area contributed by atoms with Gasteiger partial charge in [-0.3, -0.25) is 9.78 Å². The van der Waals surface area contributed by atoms with Gasteiger partial charge in [0.25, 0.3) is 5.91 Å². The molecule has 0 bridgehead atoms. The molecule has 1 aromatic heterocycles. The number of aromatic nitrogens is 2. The maximum absolute atomic E-state index is 12.1. The van der Waals surface area contributed by atoms with Crippen molar-refractivity contribution in [2.45, 2.75) is 6.54 Å². The number of benzene rings is 1. The Bertz CT molecular complexity index is 604. The lowest BCUT2D eigenvalue weighted by atomic mass is 10.2. The first-order chi connectivity index (χ1) is 9.06. The normalized spacial score (nSPS) is 10.2. The first-order valence-electron chi connectivity index (χ1n) is 5.57. The van der Waals surface area contributed by atoms with E-state index in [4.69, 9.17) is 11.6 Å². The van der Waals surface area contributed by atoms with E-state index in [1.807, 2.05) is 6.07 Å². The van der Waals surface area contributed by atoms with Crippen LogP contribution in [0, 0.1) is 0 Å². The van der Waals surface area contributed by atoms with Crippen molar-refractivity contribution in [3.05, 3.63) is 53.1 Å². The third-order valence-corrected chi connectivity index (χ3v) is 2.68. The van der Waals surface area contributed by atoms with Crippen LogP contribution in [0.2, 0.25) is 5.15 Å². The summed E-state index contributed by atoms with van der Waals surface area (Å²) < 4.78 is 0. The summed E-state index contributed by atoms with van der Waals surface area (Å²) in [6.45, 7) is 0.363. The topological polar surface area (TPSA) is 66.3 Å². The summed E-state index contributed by atoms with van der Waals surface area (Å²) in [7, 11) is 1.65. The summed E-state index contributed by atoms with van der Waals surface area (Å²) in [5.74, 6) is -0.112. The summed E-state index contributed by atoms with van der Waals surface area (Å²) >= 11 is 5.70. The van der Waals surface area contributed by atoms with Gasteiger partial charge < -0.3 is 10.0 Å². The van der Waals surface area contributed by atoms with E-state index in [1.54, 1.807) is 25.2 Å². The van der Waals surface area contributed by atoms with Crippen LogP contribution in [0.25, 0.3) is 0 Å². The molecule has 98 valence electrons. The summed E-state index contributed by atoms with van der Waals surface area (Å²) in [6, 6.07) is 6.73. The van der Waals surface area contributed by atoms with Crippen molar-refractivity contribution in [2.75, 3.05) is 7.05 Å². The molecule has 0 saturated heterocycles. The zero-order valence-corrected chi connectivity index (χ0v) is 11.0. The molecule has 0 atom stereocenters. The van der Waals surface area contributed by atoms with E-state index in [9.17, 15) is 9.90 Å². The van der Waals surface area contributed by atoms with Crippen LogP contribution < -0.4 is 0 Å². The molecule has 0 radical (unpaired) electrons. The number of amides is 1. The third kappa shape index (κ3) is 3.42. The standard InChI is InChI=1S/C13H12ClN3O2/c1-17(8-9-3-2-4-10(18)5-9)13(19)11-6-15-7-12(14)16-11/h2-7,18H,8H2,1H3. The van der Waals surface area contributed by atoms with Gasteiger partial charge in [0.05, 0.1) is 12.4 Å². The van der Waals surface area contributed by atoms with E-state index in [0.717, 1.165) is 5.56 Å². The van der Waals surface area contributed by atoms with Crippen LogP contribution in [-0.2, 0) is 6.54 Å². The number of phenolic OH excluding ortho intramolecular Hbond substituents is 1. The number of phenols is 1. The number of aromatic hydroxyl groups is 1. The first kappa shape index (κ1) is 13.3. The second kappa shape index (κ2) is 5.67. The molecule has 0 aliphatic carbocycles. The minimum atomic E-state index is -0.279. The van der Waals surface area contributed by atoms with E-state index >= 15 is 0 Å². The van der Waals surface area contributed by atoms with Gasteiger partial charge in [0.1, 0.15) is 16.6 Å². The Morgan fingerprint density at radius 3 is 2.89 bits per heavy atom. The Balaban J connectivity index is 2.12. The van der Waals surface area contributed by atoms with Crippen molar-refractivity contribution < 1.29 is 9.90 Å². The molecule has 1 heterocycles. The smallest absolute Gasteiger partial charge is 0.274 e. The van der Waals surface area contributed by atoms with Crippen LogP contribution in [0.4, 0.5) is 0 Å². The number of nitrogens with zero attached hydrogens (tertiary/aromatic N) is 3. The number of carbonyl (C=O) groups is 1. The minimum Gasteiger partial charge on any atom is -0.508 e. The van der Waals surface area contributed by atoms with Gasteiger partial charge in [0.15, 0.2) is 0 Å². The molecule has 6 heteroatoms. The molecule has 1 aromatic carbocycles. The van der Waals surface area contributed by atoms with Crippen molar-refractivity contribution in [1.29, 1.82) is 0 Å². The highest BCUT2D eigenvalue weighted by Crippen LogP contribution is 2.13. The molecule has 0 unspecified atom stereocenters. The molecule has 1 N–H and O–H groups in total. The molecule has 0 aliphatic rings. The van der Waals surface area contributed by atoms with E-state index in [2.05, 4.69) is 9.97 Å². The lowest BCUT2D eigenvalue weighted by Gasteiger charge is -2.16. The third-order valence-electron chi connectivity index (χ3n) is 2.50. The summed E-state index contributed by atoms with van der Waals surface area (Å²) in [5.41, 5.74) is 1.01. The van der Waals surface area contributed by atoms with Gasteiger partial charge in [0.2, 0.25) is 0 Å². The van der Waals surface area contributed by atoms with E-state index in [0.29, 0.717) is 6.54 Å². The van der Waals surface area contributed by atoms with Crippen molar-refractivity contribution in [1.82, 2.24) is 14.9 Å². The second-order valence-corrected chi connectivity index (χ2v) is 4.45. The van der Waals surface area contributed by atoms with Crippen LogP contribution in [-0.4, -0.2) is 32.9 Å². The molecular formula is C13H12ClN3O2. The molecule has 2 rings (SSSR count). The van der Waals surface area contributed by atoms with Gasteiger partial charge in [-0.2, -0.15) is 0 Å². The van der Waals surface area contributed by atoms with E-state index < -0.39 is 0 Å². The molecule has 2 aromatic rings. The summed E-state index contributed by atoms with van der Waals surface area (Å²) in [6.07, 6.45) is 2.74. The van der Waals surface area contributed by atoms with Gasteiger partial charge in [-0.1, -0.05) is 23.7 Å². The lowest BCUT2D eigenvalue weighted by Crippen LogP contribution is -2.27. The molecule has 5 nitrogen and oxygen atoms in total. The van der Waals surface area contributed by atoms with Crippen molar-refractivity contribution in [3.8, 4) is 5.75 Å². The Morgan fingerprint density at radius 2 is 2.21 bits per heavy atom. The van der Waals surface area contributed by atoms with Gasteiger partial charge >= 0.3 is 0 Å². The molecule has 0 fully saturated rings. The predicted octanol–water partition coefficient (Wildman–Crippen LogP) is 2.11. The predicted molar refractivity (Wildman–Crippen MR) is 70.9 cm³/mol. The zero-order chi connectivity index (χ0) is 13.8. The van der Waals surface area contributed by atoms with Gasteiger partial charge in [-0.25, -0.2) is 4.98 Å². The second-order valence-electron chi connectivity index (χ2n) is 4.06. The van der Waals surface area contributed by atoms with Gasteiger partial charge in [0, 0.05) is 13.6 Å². The maximum Gasteiger partial charge on any atom is 0.274 e. The zero-order valence-electron chi connectivity index (χ0n) is 10.2. The van der Waals surface area contributed by atoms with Crippen molar-refractivity contribution >= 4 is 17.5 Å². The highest BCUT2D eigenvalue weighted by atomic mass is 35.5. The SMILES string of the molecule is CN(Cc1cccc(O)c1)C(=O)c1cncc(Cl)n1. The average molecular weight is 278 g/mol. The fraction of sp³-hybridized carbons (Fsp3) is 0.154. The van der Waals surface area contributed by atoms with Crippen LogP contribution in [0.1, 0.15) is 16.1 Å². The fourth-order valence-electron chi connectivity index (χ4n) is 1.64. The molecule has 0 aliphatic heterocycles. The molecular weight excluding hydrogens is 266 g/mol. The van der Waals surface area contributed by atoms with Crippen LogP contribution in [0.5, 0.6) is 5.75 Å². The van der Waals surface area contributed by atoms with Crippen molar-refractivity contribution in [2.24, 2.45) is 0 Å². The molecule has 19 heavy (non-hydrogen) atoms. The van der Waals surface area contributed by atoms with Crippen LogP contribution in [0.3, 0.4) is 0 Å². The quantitative estimate of drug-likeness (QED) is 0.933. The van der Waals surface area contributed by atoms with Crippen LogP contribution in [0.15, 0.2) is 36.7 Å². The molecule has 0 spiro atoms. The fourth-order valence-corrected chi connectivity index (χ4v) is 1.79. The van der Waals surface area contributed by atoms with Gasteiger partial charge in [-0.15, -0.1) is 0 Å². The van der Waals surface area contributed by atoms with E-state index in [1.165, 1.54) is 17.3 Å². The summed E-state index contributed by atoms with van der Waals surface area (Å²) in [4.78, 5) is 21.3. The highest BCUT2D eigenvalue weighted by molar-refractivity contribution is 6.29. The minimum absolute atomic E-state index is 0.167. The monoisotopic (exact) mass is 277 g/mol. The number of hydrogen-bond acceptors (Lipinski definition) is 4. The Hall–Kier alpha value is -2.14. The molecule has 0 saturated carbocycles. The number of hydrogen-bond donors (Lipinski definition) is 1. The number of carbonyl (C=O) groups excluding carboxylic acids is 1. The summed E-state index contributed by atoms with van der Waals surface area (Å²) in [5, 5.41) is 9.55. The first-order valence-corrected chi connectivity index (χ1v) is 5.95. The number of rotatable bonds is 3. The Labute approximate surface area is 115 Å².